The highest BCUT2D eigenvalue weighted by Crippen LogP contribution is 2.58. The fourth-order valence-electron chi connectivity index (χ4n) is 5.53. The maximum atomic E-state index is 10.5. The van der Waals surface area contributed by atoms with Crippen LogP contribution < -0.4 is 14.8 Å². The molecular weight excluding hydrogens is 390 g/mol. The molecule has 0 saturated heterocycles. The molecule has 162 valence electrons. The Kier molecular flexibility index (Phi) is 4.38. The van der Waals surface area contributed by atoms with Gasteiger partial charge in [0.1, 0.15) is 11.9 Å². The number of hydrogen-bond acceptors (Lipinski definition) is 5. The van der Waals surface area contributed by atoms with Crippen LogP contribution in [0.1, 0.15) is 50.8 Å². The summed E-state index contributed by atoms with van der Waals surface area (Å²) in [5, 5.41) is 24.6. The van der Waals surface area contributed by atoms with Crippen LogP contribution in [0.25, 0.3) is 16.7 Å². The SMILES string of the molecule is COc1c(O)ccc2c1-c1ccc3c(c1[C@@H]([C@]1(CO)C=CCC1)O2)C(C)=CC(C)(C)N3. The normalized spacial score (nSPS) is 24.9. The number of nitrogens with one attached hydrogen (secondary N) is 1. The van der Waals surface area contributed by atoms with E-state index in [1.54, 1.807) is 19.2 Å². The zero-order valence-electron chi connectivity index (χ0n) is 18.5. The van der Waals surface area contributed by atoms with Crippen molar-refractivity contribution < 1.29 is 19.7 Å². The highest BCUT2D eigenvalue weighted by Gasteiger charge is 2.46. The van der Waals surface area contributed by atoms with Gasteiger partial charge in [-0.1, -0.05) is 24.3 Å². The van der Waals surface area contributed by atoms with Crippen LogP contribution in [0, 0.1) is 5.41 Å². The molecule has 0 bridgehead atoms. The molecule has 2 aliphatic heterocycles. The van der Waals surface area contributed by atoms with Gasteiger partial charge in [-0.25, -0.2) is 0 Å². The molecule has 1 aliphatic carbocycles. The molecule has 0 amide bonds. The Balaban J connectivity index is 1.84. The number of benzene rings is 2. The van der Waals surface area contributed by atoms with Gasteiger partial charge >= 0.3 is 0 Å². The summed E-state index contributed by atoms with van der Waals surface area (Å²) < 4.78 is 12.2. The summed E-state index contributed by atoms with van der Waals surface area (Å²) in [4.78, 5) is 0. The molecule has 0 unspecified atom stereocenters. The maximum Gasteiger partial charge on any atom is 0.172 e. The van der Waals surface area contributed by atoms with Crippen LogP contribution in [0.15, 0.2) is 42.5 Å². The van der Waals surface area contributed by atoms with Gasteiger partial charge in [0, 0.05) is 16.8 Å². The standard InChI is InChI=1S/C26H29NO4/c1-15-13-25(2,3)27-17-8-7-16-21-19(10-9-18(29)23(21)30-4)31-24(22(16)20(15)17)26(14-28)11-5-6-12-26/h5,7-11,13,24,27-29H,6,12,14H2,1-4H3/t24-,26+/m0/s1. The van der Waals surface area contributed by atoms with Gasteiger partial charge in [0.25, 0.3) is 0 Å². The van der Waals surface area contributed by atoms with Crippen LogP contribution in [-0.2, 0) is 0 Å². The van der Waals surface area contributed by atoms with Gasteiger partial charge in [0.15, 0.2) is 11.5 Å². The molecule has 2 aromatic carbocycles. The van der Waals surface area contributed by atoms with Crippen molar-refractivity contribution in [3.8, 4) is 28.4 Å². The van der Waals surface area contributed by atoms with Crippen molar-refractivity contribution in [3.05, 3.63) is 53.6 Å². The zero-order chi connectivity index (χ0) is 22.0. The van der Waals surface area contributed by atoms with Crippen LogP contribution in [0.3, 0.4) is 0 Å². The first kappa shape index (κ1) is 20.0. The summed E-state index contributed by atoms with van der Waals surface area (Å²) in [7, 11) is 1.56. The summed E-state index contributed by atoms with van der Waals surface area (Å²) in [6.07, 6.45) is 7.86. The van der Waals surface area contributed by atoms with Crippen molar-refractivity contribution in [3.63, 3.8) is 0 Å². The number of ether oxygens (including phenoxy) is 2. The van der Waals surface area contributed by atoms with Gasteiger partial charge in [-0.3, -0.25) is 0 Å². The number of aliphatic hydroxyl groups is 1. The van der Waals surface area contributed by atoms with Gasteiger partial charge in [-0.2, -0.15) is 0 Å². The minimum absolute atomic E-state index is 0.00348. The van der Waals surface area contributed by atoms with E-state index in [1.165, 1.54) is 5.57 Å². The van der Waals surface area contributed by atoms with E-state index in [0.717, 1.165) is 40.8 Å². The molecule has 3 aliphatic rings. The number of rotatable bonds is 3. The average molecular weight is 420 g/mol. The minimum Gasteiger partial charge on any atom is -0.504 e. The van der Waals surface area contributed by atoms with Gasteiger partial charge < -0.3 is 25.0 Å². The van der Waals surface area contributed by atoms with E-state index in [0.29, 0.717) is 11.5 Å². The van der Waals surface area contributed by atoms with Gasteiger partial charge in [-0.05, 0) is 62.9 Å². The Hall–Kier alpha value is -2.92. The smallest absolute Gasteiger partial charge is 0.172 e. The number of anilines is 1. The lowest BCUT2D eigenvalue weighted by molar-refractivity contribution is 0.0299. The molecular formula is C26H29NO4. The molecule has 0 aromatic heterocycles. The highest BCUT2D eigenvalue weighted by atomic mass is 16.5. The van der Waals surface area contributed by atoms with E-state index in [9.17, 15) is 10.2 Å². The second kappa shape index (κ2) is 6.79. The van der Waals surface area contributed by atoms with E-state index in [1.807, 2.05) is 0 Å². The zero-order valence-corrected chi connectivity index (χ0v) is 18.5. The fraction of sp³-hybridized carbons (Fsp3) is 0.385. The molecule has 2 heterocycles. The number of methoxy groups -OCH3 is 1. The quantitative estimate of drug-likeness (QED) is 0.578. The molecule has 3 N–H and O–H groups in total. The highest BCUT2D eigenvalue weighted by molar-refractivity contribution is 5.92. The third-order valence-electron chi connectivity index (χ3n) is 6.80. The molecule has 5 heteroatoms. The van der Waals surface area contributed by atoms with E-state index in [2.05, 4.69) is 56.4 Å². The predicted octanol–water partition coefficient (Wildman–Crippen LogP) is 5.44. The predicted molar refractivity (Wildman–Crippen MR) is 123 cm³/mol. The number of aliphatic hydroxyl groups excluding tert-OH is 1. The van der Waals surface area contributed by atoms with Crippen molar-refractivity contribution in [1.82, 2.24) is 0 Å². The van der Waals surface area contributed by atoms with Gasteiger partial charge in [0.05, 0.1) is 30.2 Å². The number of fused-ring (bicyclic) bond motifs is 5. The Morgan fingerprint density at radius 1 is 1.19 bits per heavy atom. The van der Waals surface area contributed by atoms with Gasteiger partial charge in [-0.15, -0.1) is 0 Å². The molecule has 31 heavy (non-hydrogen) atoms. The van der Waals surface area contributed by atoms with Crippen molar-refractivity contribution in [2.24, 2.45) is 5.41 Å². The summed E-state index contributed by atoms with van der Waals surface area (Å²) in [5.41, 5.74) is 5.42. The van der Waals surface area contributed by atoms with Crippen molar-refractivity contribution in [1.29, 1.82) is 0 Å². The number of allylic oxidation sites excluding steroid dienone is 2. The number of hydrogen-bond donors (Lipinski definition) is 3. The first-order valence-corrected chi connectivity index (χ1v) is 10.8. The van der Waals surface area contributed by atoms with Crippen LogP contribution in [-0.4, -0.2) is 29.5 Å². The van der Waals surface area contributed by atoms with Crippen molar-refractivity contribution in [2.75, 3.05) is 19.0 Å². The molecule has 0 saturated carbocycles. The second-order valence-electron chi connectivity index (χ2n) is 9.44. The Labute approximate surface area is 183 Å². The Bertz CT molecular complexity index is 1130. The monoisotopic (exact) mass is 419 g/mol. The molecule has 2 aromatic rings. The maximum absolute atomic E-state index is 10.5. The molecule has 5 rings (SSSR count). The van der Waals surface area contributed by atoms with Crippen LogP contribution in [0.2, 0.25) is 0 Å². The topological polar surface area (TPSA) is 71.0 Å². The lowest BCUT2D eigenvalue weighted by Crippen LogP contribution is -2.37. The molecule has 0 spiro atoms. The van der Waals surface area contributed by atoms with Crippen LogP contribution in [0.5, 0.6) is 17.2 Å². The first-order valence-electron chi connectivity index (χ1n) is 10.8. The average Bonchev–Trinajstić information content (AvgIpc) is 3.22. The lowest BCUT2D eigenvalue weighted by atomic mass is 9.72. The summed E-state index contributed by atoms with van der Waals surface area (Å²) >= 11 is 0. The van der Waals surface area contributed by atoms with Gasteiger partial charge in [0.2, 0.25) is 0 Å². The Morgan fingerprint density at radius 2 is 2.00 bits per heavy atom. The first-order chi connectivity index (χ1) is 14.8. The van der Waals surface area contributed by atoms with Crippen molar-refractivity contribution >= 4 is 11.3 Å². The van der Waals surface area contributed by atoms with E-state index >= 15 is 0 Å². The second-order valence-corrected chi connectivity index (χ2v) is 9.44. The fourth-order valence-corrected chi connectivity index (χ4v) is 5.53. The lowest BCUT2D eigenvalue weighted by Gasteiger charge is -2.42. The molecule has 0 fully saturated rings. The van der Waals surface area contributed by atoms with Crippen molar-refractivity contribution in [2.45, 2.75) is 45.3 Å². The van der Waals surface area contributed by atoms with Crippen LogP contribution in [0.4, 0.5) is 5.69 Å². The molecule has 2 atom stereocenters. The van der Waals surface area contributed by atoms with E-state index in [4.69, 9.17) is 9.47 Å². The van der Waals surface area contributed by atoms with Crippen LogP contribution >= 0.6 is 0 Å². The summed E-state index contributed by atoms with van der Waals surface area (Å²) in [6, 6.07) is 7.56. The Morgan fingerprint density at radius 3 is 2.68 bits per heavy atom. The number of phenolic OH excluding ortho intramolecular Hbond substituents is 1. The molecule has 5 nitrogen and oxygen atoms in total. The summed E-state index contributed by atoms with van der Waals surface area (Å²) in [6.45, 7) is 6.43. The number of phenols is 1. The summed E-state index contributed by atoms with van der Waals surface area (Å²) in [5.74, 6) is 1.14. The minimum atomic E-state index is -0.500. The third-order valence-corrected chi connectivity index (χ3v) is 6.80. The third kappa shape index (κ3) is 2.87. The van der Waals surface area contributed by atoms with E-state index < -0.39 is 5.41 Å². The van der Waals surface area contributed by atoms with E-state index in [-0.39, 0.29) is 24.0 Å². The largest absolute Gasteiger partial charge is 0.504 e. The molecule has 0 radical (unpaired) electrons. The number of aromatic hydroxyl groups is 1.